The van der Waals surface area contributed by atoms with Crippen molar-refractivity contribution in [3.05, 3.63) is 0 Å². The minimum Gasteiger partial charge on any atom is -0.351 e. The van der Waals surface area contributed by atoms with Crippen LogP contribution in [-0.2, 0) is 4.79 Å². The molecule has 1 heterocycles. The van der Waals surface area contributed by atoms with Crippen molar-refractivity contribution in [2.24, 2.45) is 0 Å². The Morgan fingerprint density at radius 3 is 2.56 bits per heavy atom. The first kappa shape index (κ1) is 14.0. The third-order valence-corrected chi connectivity index (χ3v) is 4.08. The summed E-state index contributed by atoms with van der Waals surface area (Å²) in [6, 6.07) is 0.247. The van der Waals surface area contributed by atoms with E-state index in [-0.39, 0.29) is 16.8 Å². The van der Waals surface area contributed by atoms with Crippen LogP contribution in [0, 0.1) is 0 Å². The van der Waals surface area contributed by atoms with Gasteiger partial charge in [-0.05, 0) is 39.3 Å². The first-order valence-electron chi connectivity index (χ1n) is 6.30. The van der Waals surface area contributed by atoms with E-state index in [1.54, 1.807) is 0 Å². The van der Waals surface area contributed by atoms with Crippen LogP contribution in [0.15, 0.2) is 0 Å². The zero-order valence-corrected chi connectivity index (χ0v) is 11.9. The summed E-state index contributed by atoms with van der Waals surface area (Å²) < 4.78 is 0. The highest BCUT2D eigenvalue weighted by atomic mass is 79.9. The number of piperidine rings is 1. The summed E-state index contributed by atoms with van der Waals surface area (Å²) in [6.45, 7) is 7.45. The maximum atomic E-state index is 11.6. The van der Waals surface area contributed by atoms with E-state index in [0.29, 0.717) is 0 Å². The first-order chi connectivity index (χ1) is 7.63. The lowest BCUT2D eigenvalue weighted by molar-refractivity contribution is -0.121. The van der Waals surface area contributed by atoms with Crippen LogP contribution in [0.4, 0.5) is 0 Å². The molecule has 0 aromatic rings. The minimum absolute atomic E-state index is 0.0451. The maximum Gasteiger partial charge on any atom is 0.234 e. The van der Waals surface area contributed by atoms with Gasteiger partial charge < -0.3 is 10.2 Å². The number of hydrogen-bond acceptors (Lipinski definition) is 2. The average Bonchev–Trinajstić information content (AvgIpc) is 2.29. The topological polar surface area (TPSA) is 32.3 Å². The number of rotatable bonds is 5. The van der Waals surface area contributed by atoms with Crippen LogP contribution in [0.2, 0.25) is 0 Å². The predicted molar refractivity (Wildman–Crippen MR) is 70.9 cm³/mol. The van der Waals surface area contributed by atoms with Gasteiger partial charge in [-0.25, -0.2) is 0 Å². The molecule has 2 unspecified atom stereocenters. The predicted octanol–water partition coefficient (Wildman–Crippen LogP) is 2.15. The fraction of sp³-hybridized carbons (Fsp3) is 0.917. The van der Waals surface area contributed by atoms with Crippen molar-refractivity contribution in [1.82, 2.24) is 10.2 Å². The Morgan fingerprint density at radius 2 is 2.00 bits per heavy atom. The molecular formula is C12H23BrN2O. The van der Waals surface area contributed by atoms with Crippen molar-refractivity contribution in [3.63, 3.8) is 0 Å². The van der Waals surface area contributed by atoms with Gasteiger partial charge in [0.2, 0.25) is 5.91 Å². The highest BCUT2D eigenvalue weighted by Gasteiger charge is 2.17. The number of amides is 1. The number of halogens is 1. The Morgan fingerprint density at radius 1 is 1.38 bits per heavy atom. The van der Waals surface area contributed by atoms with Gasteiger partial charge in [0.1, 0.15) is 0 Å². The van der Waals surface area contributed by atoms with E-state index in [4.69, 9.17) is 0 Å². The highest BCUT2D eigenvalue weighted by molar-refractivity contribution is 9.10. The normalized spacial score (nSPS) is 21.4. The molecule has 0 aromatic heterocycles. The molecule has 1 rings (SSSR count). The molecule has 2 atom stereocenters. The second kappa shape index (κ2) is 7.28. The van der Waals surface area contributed by atoms with Crippen molar-refractivity contribution >= 4 is 21.8 Å². The van der Waals surface area contributed by atoms with Gasteiger partial charge in [-0.2, -0.15) is 0 Å². The van der Waals surface area contributed by atoms with Crippen molar-refractivity contribution in [1.29, 1.82) is 0 Å². The minimum atomic E-state index is -0.0451. The summed E-state index contributed by atoms with van der Waals surface area (Å²) in [4.78, 5) is 14.1. The Bertz CT molecular complexity index is 217. The van der Waals surface area contributed by atoms with E-state index in [0.717, 1.165) is 13.0 Å². The van der Waals surface area contributed by atoms with Gasteiger partial charge >= 0.3 is 0 Å². The smallest absolute Gasteiger partial charge is 0.234 e. The lowest BCUT2D eigenvalue weighted by atomic mass is 10.1. The molecule has 0 spiro atoms. The Labute approximate surface area is 107 Å². The zero-order valence-electron chi connectivity index (χ0n) is 10.3. The van der Waals surface area contributed by atoms with Crippen molar-refractivity contribution in [2.75, 3.05) is 19.6 Å². The van der Waals surface area contributed by atoms with Crippen LogP contribution in [0.5, 0.6) is 0 Å². The van der Waals surface area contributed by atoms with Gasteiger partial charge in [0.05, 0.1) is 4.83 Å². The molecule has 0 radical (unpaired) electrons. The molecule has 94 valence electrons. The van der Waals surface area contributed by atoms with Gasteiger partial charge in [0, 0.05) is 12.6 Å². The molecule has 1 aliphatic rings. The summed E-state index contributed by atoms with van der Waals surface area (Å²) in [6.07, 6.45) is 4.80. The number of hydrogen-bond donors (Lipinski definition) is 1. The van der Waals surface area contributed by atoms with Crippen LogP contribution in [-0.4, -0.2) is 41.3 Å². The molecule has 0 saturated carbocycles. The van der Waals surface area contributed by atoms with Gasteiger partial charge in [0.25, 0.3) is 0 Å². The van der Waals surface area contributed by atoms with Crippen LogP contribution in [0.25, 0.3) is 0 Å². The van der Waals surface area contributed by atoms with Gasteiger partial charge in [0.15, 0.2) is 0 Å². The van der Waals surface area contributed by atoms with Crippen LogP contribution >= 0.6 is 15.9 Å². The molecule has 1 N–H and O–H groups in total. The quantitative estimate of drug-likeness (QED) is 0.787. The molecule has 3 nitrogen and oxygen atoms in total. The molecule has 1 fully saturated rings. The van der Waals surface area contributed by atoms with Crippen molar-refractivity contribution < 1.29 is 4.79 Å². The van der Waals surface area contributed by atoms with Crippen molar-refractivity contribution in [3.8, 4) is 0 Å². The molecule has 0 aliphatic carbocycles. The SMILES string of the molecule is CCC(Br)C(=O)NC(C)CN1CCCCC1. The molecule has 1 aliphatic heterocycles. The monoisotopic (exact) mass is 290 g/mol. The van der Waals surface area contributed by atoms with E-state index in [9.17, 15) is 4.79 Å². The summed E-state index contributed by atoms with van der Waals surface area (Å²) in [5.41, 5.74) is 0. The van der Waals surface area contributed by atoms with E-state index in [1.807, 2.05) is 6.92 Å². The Kier molecular flexibility index (Phi) is 6.36. The molecular weight excluding hydrogens is 268 g/mol. The maximum absolute atomic E-state index is 11.6. The third-order valence-electron chi connectivity index (χ3n) is 3.01. The van der Waals surface area contributed by atoms with Gasteiger partial charge in [-0.15, -0.1) is 0 Å². The molecule has 0 bridgehead atoms. The van der Waals surface area contributed by atoms with Crippen molar-refractivity contribution in [2.45, 2.75) is 50.4 Å². The molecule has 4 heteroatoms. The first-order valence-corrected chi connectivity index (χ1v) is 7.22. The second-order valence-corrected chi connectivity index (χ2v) is 5.75. The molecule has 0 aromatic carbocycles. The van der Waals surface area contributed by atoms with Gasteiger partial charge in [-0.1, -0.05) is 29.3 Å². The number of alkyl halides is 1. The van der Waals surface area contributed by atoms with Gasteiger partial charge in [-0.3, -0.25) is 4.79 Å². The lowest BCUT2D eigenvalue weighted by Gasteiger charge is -2.29. The summed E-state index contributed by atoms with van der Waals surface area (Å²) in [5, 5.41) is 3.05. The Balaban J connectivity index is 2.23. The fourth-order valence-electron chi connectivity index (χ4n) is 2.09. The summed E-state index contributed by atoms with van der Waals surface area (Å²) >= 11 is 3.37. The van der Waals surface area contributed by atoms with E-state index in [1.165, 1.54) is 32.4 Å². The highest BCUT2D eigenvalue weighted by Crippen LogP contribution is 2.09. The second-order valence-electron chi connectivity index (χ2n) is 4.65. The Hall–Kier alpha value is -0.0900. The molecule has 1 amide bonds. The third kappa shape index (κ3) is 4.83. The number of nitrogens with one attached hydrogen (secondary N) is 1. The largest absolute Gasteiger partial charge is 0.351 e. The number of nitrogens with zero attached hydrogens (tertiary/aromatic N) is 1. The van der Waals surface area contributed by atoms with Crippen LogP contribution in [0.3, 0.4) is 0 Å². The van der Waals surface area contributed by atoms with Crippen LogP contribution < -0.4 is 5.32 Å². The lowest BCUT2D eigenvalue weighted by Crippen LogP contribution is -2.45. The number of likely N-dealkylation sites (tertiary alicyclic amines) is 1. The standard InChI is InChI=1S/C12H23BrN2O/c1-3-11(13)12(16)14-10(2)9-15-7-5-4-6-8-15/h10-11H,3-9H2,1-2H3,(H,14,16). The number of carbonyl (C=O) groups is 1. The fourth-order valence-corrected chi connectivity index (χ4v) is 2.23. The number of carbonyl (C=O) groups excluding carboxylic acids is 1. The molecule has 16 heavy (non-hydrogen) atoms. The zero-order chi connectivity index (χ0) is 12.0. The average molecular weight is 291 g/mol. The summed E-state index contributed by atoms with van der Waals surface area (Å²) in [5.74, 6) is 0.118. The summed E-state index contributed by atoms with van der Waals surface area (Å²) in [7, 11) is 0. The van der Waals surface area contributed by atoms with E-state index >= 15 is 0 Å². The van der Waals surface area contributed by atoms with Crippen LogP contribution in [0.1, 0.15) is 39.5 Å². The molecule has 1 saturated heterocycles. The van der Waals surface area contributed by atoms with E-state index < -0.39 is 0 Å². The van der Waals surface area contributed by atoms with E-state index in [2.05, 4.69) is 33.1 Å².